The van der Waals surface area contributed by atoms with Crippen LogP contribution in [0.1, 0.15) is 23.4 Å². The van der Waals surface area contributed by atoms with Crippen molar-refractivity contribution in [3.63, 3.8) is 0 Å². The first-order chi connectivity index (χ1) is 8.81. The van der Waals surface area contributed by atoms with E-state index in [1.807, 2.05) is 16.8 Å². The second kappa shape index (κ2) is 5.07. The van der Waals surface area contributed by atoms with Gasteiger partial charge in [0.2, 0.25) is 0 Å². The van der Waals surface area contributed by atoms with E-state index in [1.54, 1.807) is 22.7 Å². The Kier molecular flexibility index (Phi) is 3.29. The Morgan fingerprint density at radius 2 is 2.17 bits per heavy atom. The lowest BCUT2D eigenvalue weighted by molar-refractivity contribution is 0.262. The number of nitrogens with zero attached hydrogens (tertiary/aromatic N) is 1. The minimum atomic E-state index is -0.223. The van der Waals surface area contributed by atoms with Gasteiger partial charge in [0.15, 0.2) is 5.13 Å². The maximum atomic E-state index is 11.7. The zero-order valence-electron chi connectivity index (χ0n) is 9.73. The highest BCUT2D eigenvalue weighted by Crippen LogP contribution is 2.29. The van der Waals surface area contributed by atoms with Gasteiger partial charge in [0, 0.05) is 10.3 Å². The van der Waals surface area contributed by atoms with Crippen LogP contribution in [-0.2, 0) is 12.8 Å². The molecule has 0 aromatic carbocycles. The van der Waals surface area contributed by atoms with Crippen molar-refractivity contribution >= 4 is 39.5 Å². The quantitative estimate of drug-likeness (QED) is 0.880. The van der Waals surface area contributed by atoms with E-state index >= 15 is 0 Å². The van der Waals surface area contributed by atoms with E-state index in [0.29, 0.717) is 5.13 Å². The molecular formula is C12H13N3OS2. The number of urea groups is 1. The van der Waals surface area contributed by atoms with Crippen LogP contribution in [-0.4, -0.2) is 11.0 Å². The second-order valence-electron chi connectivity index (χ2n) is 4.19. The monoisotopic (exact) mass is 279 g/mol. The van der Waals surface area contributed by atoms with Crippen molar-refractivity contribution < 1.29 is 4.79 Å². The van der Waals surface area contributed by atoms with Crippen molar-refractivity contribution in [1.29, 1.82) is 0 Å². The van der Waals surface area contributed by atoms with E-state index in [9.17, 15) is 4.79 Å². The Bertz CT molecular complexity index is 524. The maximum Gasteiger partial charge on any atom is 0.325 e. The molecule has 0 saturated carbocycles. The first-order valence-corrected chi connectivity index (χ1v) is 7.66. The first kappa shape index (κ1) is 11.7. The van der Waals surface area contributed by atoms with Gasteiger partial charge in [-0.05, 0) is 37.1 Å². The van der Waals surface area contributed by atoms with Crippen LogP contribution in [0.2, 0.25) is 0 Å². The zero-order valence-corrected chi connectivity index (χ0v) is 11.4. The van der Waals surface area contributed by atoms with Crippen LogP contribution < -0.4 is 10.6 Å². The highest BCUT2D eigenvalue weighted by molar-refractivity contribution is 7.15. The molecule has 94 valence electrons. The number of thiophene rings is 1. The maximum absolute atomic E-state index is 11.7. The molecule has 0 unspecified atom stereocenters. The van der Waals surface area contributed by atoms with E-state index in [-0.39, 0.29) is 6.03 Å². The molecule has 0 bridgehead atoms. The van der Waals surface area contributed by atoms with Gasteiger partial charge in [0.1, 0.15) is 0 Å². The highest BCUT2D eigenvalue weighted by Gasteiger charge is 2.16. The number of nitrogens with one attached hydrogen (secondary N) is 2. The summed E-state index contributed by atoms with van der Waals surface area (Å²) in [5.41, 5.74) is 1.98. The van der Waals surface area contributed by atoms with E-state index in [1.165, 1.54) is 17.7 Å². The average Bonchev–Trinajstić information content (AvgIpc) is 2.96. The van der Waals surface area contributed by atoms with E-state index < -0.39 is 0 Å². The summed E-state index contributed by atoms with van der Waals surface area (Å²) in [5.74, 6) is 0. The van der Waals surface area contributed by atoms with Crippen LogP contribution >= 0.6 is 22.7 Å². The molecule has 18 heavy (non-hydrogen) atoms. The standard InChI is InChI=1S/C12H13N3OS2/c16-11(13-8-5-6-17-7-8)15-12-14-9-3-1-2-4-10(9)18-12/h5-7H,1-4H2,(H2,13,14,15,16). The normalized spacial score (nSPS) is 14.0. The molecule has 2 N–H and O–H groups in total. The SMILES string of the molecule is O=C(Nc1ccsc1)Nc1nc2c(s1)CCCC2. The Morgan fingerprint density at radius 3 is 2.94 bits per heavy atom. The van der Waals surface area contributed by atoms with Gasteiger partial charge in [0.25, 0.3) is 0 Å². The Labute approximate surface area is 113 Å². The smallest absolute Gasteiger partial charge is 0.307 e. The van der Waals surface area contributed by atoms with Gasteiger partial charge in [-0.2, -0.15) is 11.3 Å². The lowest BCUT2D eigenvalue weighted by atomic mass is 10.0. The van der Waals surface area contributed by atoms with Crippen LogP contribution in [0.4, 0.5) is 15.6 Å². The number of hydrogen-bond acceptors (Lipinski definition) is 4. The van der Waals surface area contributed by atoms with Gasteiger partial charge in [-0.25, -0.2) is 9.78 Å². The minimum absolute atomic E-state index is 0.223. The van der Waals surface area contributed by atoms with E-state index in [2.05, 4.69) is 15.6 Å². The van der Waals surface area contributed by atoms with Crippen molar-refractivity contribution in [3.8, 4) is 0 Å². The van der Waals surface area contributed by atoms with Crippen LogP contribution in [0.3, 0.4) is 0 Å². The predicted molar refractivity (Wildman–Crippen MR) is 75.7 cm³/mol. The minimum Gasteiger partial charge on any atom is -0.307 e. The van der Waals surface area contributed by atoms with Gasteiger partial charge < -0.3 is 5.32 Å². The number of hydrogen-bond donors (Lipinski definition) is 2. The van der Waals surface area contributed by atoms with Crippen molar-refractivity contribution in [2.24, 2.45) is 0 Å². The number of carbonyl (C=O) groups excluding carboxylic acids is 1. The topological polar surface area (TPSA) is 54.0 Å². The van der Waals surface area contributed by atoms with Crippen LogP contribution in [0.15, 0.2) is 16.8 Å². The molecule has 2 amide bonds. The Morgan fingerprint density at radius 1 is 1.28 bits per heavy atom. The molecule has 2 aromatic rings. The molecule has 0 atom stereocenters. The molecule has 4 nitrogen and oxygen atoms in total. The molecular weight excluding hydrogens is 266 g/mol. The molecule has 2 aromatic heterocycles. The highest BCUT2D eigenvalue weighted by atomic mass is 32.1. The van der Waals surface area contributed by atoms with Crippen molar-refractivity contribution in [2.75, 3.05) is 10.6 Å². The molecule has 0 fully saturated rings. The number of amides is 2. The lowest BCUT2D eigenvalue weighted by Gasteiger charge is -2.06. The molecule has 0 spiro atoms. The number of aromatic nitrogens is 1. The third kappa shape index (κ3) is 2.54. The van der Waals surface area contributed by atoms with Crippen molar-refractivity contribution in [1.82, 2.24) is 4.98 Å². The number of thiazole rings is 1. The molecule has 0 radical (unpaired) electrons. The van der Waals surface area contributed by atoms with Crippen LogP contribution in [0.5, 0.6) is 0 Å². The third-order valence-electron chi connectivity index (χ3n) is 2.85. The predicted octanol–water partition coefficient (Wildman–Crippen LogP) is 3.73. The summed E-state index contributed by atoms with van der Waals surface area (Å²) in [7, 11) is 0. The van der Waals surface area contributed by atoms with Gasteiger partial charge >= 0.3 is 6.03 Å². The summed E-state index contributed by atoms with van der Waals surface area (Å²) in [4.78, 5) is 17.5. The number of rotatable bonds is 2. The van der Waals surface area contributed by atoms with Gasteiger partial charge in [-0.15, -0.1) is 11.3 Å². The first-order valence-electron chi connectivity index (χ1n) is 5.90. The summed E-state index contributed by atoms with van der Waals surface area (Å²) >= 11 is 3.15. The lowest BCUT2D eigenvalue weighted by Crippen LogP contribution is -2.18. The zero-order chi connectivity index (χ0) is 12.4. The summed E-state index contributed by atoms with van der Waals surface area (Å²) in [6, 6.07) is 1.65. The van der Waals surface area contributed by atoms with Crippen LogP contribution in [0.25, 0.3) is 0 Å². The van der Waals surface area contributed by atoms with Gasteiger partial charge in [0.05, 0.1) is 11.4 Å². The van der Waals surface area contributed by atoms with Crippen molar-refractivity contribution in [2.45, 2.75) is 25.7 Å². The van der Waals surface area contributed by atoms with Crippen LogP contribution in [0, 0.1) is 0 Å². The number of anilines is 2. The summed E-state index contributed by atoms with van der Waals surface area (Å²) in [6.45, 7) is 0. The third-order valence-corrected chi connectivity index (χ3v) is 4.60. The van der Waals surface area contributed by atoms with Gasteiger partial charge in [-0.1, -0.05) is 0 Å². The fourth-order valence-corrected chi connectivity index (χ4v) is 3.63. The van der Waals surface area contributed by atoms with Gasteiger partial charge in [-0.3, -0.25) is 5.32 Å². The molecule has 0 aliphatic heterocycles. The molecule has 1 aliphatic carbocycles. The summed E-state index contributed by atoms with van der Waals surface area (Å²) in [5, 5.41) is 10.1. The molecule has 1 aliphatic rings. The van der Waals surface area contributed by atoms with E-state index in [4.69, 9.17) is 0 Å². The number of carbonyl (C=O) groups is 1. The Hall–Kier alpha value is -1.40. The summed E-state index contributed by atoms with van der Waals surface area (Å²) < 4.78 is 0. The molecule has 6 heteroatoms. The Balaban J connectivity index is 1.65. The molecule has 2 heterocycles. The molecule has 0 saturated heterocycles. The largest absolute Gasteiger partial charge is 0.325 e. The summed E-state index contributed by atoms with van der Waals surface area (Å²) in [6.07, 6.45) is 4.58. The van der Waals surface area contributed by atoms with Crippen molar-refractivity contribution in [3.05, 3.63) is 27.4 Å². The average molecular weight is 279 g/mol. The fourth-order valence-electron chi connectivity index (χ4n) is 2.00. The fraction of sp³-hybridized carbons (Fsp3) is 0.333. The number of aryl methyl sites for hydroxylation is 2. The van der Waals surface area contributed by atoms with E-state index in [0.717, 1.165) is 24.2 Å². The number of fused-ring (bicyclic) bond motifs is 1. The molecule has 3 rings (SSSR count). The second-order valence-corrected chi connectivity index (χ2v) is 6.05.